The summed E-state index contributed by atoms with van der Waals surface area (Å²) in [5.74, 6) is -0.475. The average Bonchev–Trinajstić information content (AvgIpc) is 2.53. The molecule has 5 nitrogen and oxygen atoms in total. The number of hydrogen-bond acceptors (Lipinski definition) is 4. The Kier molecular flexibility index (Phi) is 4.94. The van der Waals surface area contributed by atoms with Crippen LogP contribution in [0.25, 0.3) is 0 Å². The summed E-state index contributed by atoms with van der Waals surface area (Å²) in [5.41, 5.74) is 2.15. The van der Waals surface area contributed by atoms with Gasteiger partial charge in [0.1, 0.15) is 0 Å². The lowest BCUT2D eigenvalue weighted by molar-refractivity contribution is 0.0895. The number of urea groups is 1. The van der Waals surface area contributed by atoms with Crippen molar-refractivity contribution in [3.05, 3.63) is 65.5 Å². The van der Waals surface area contributed by atoms with E-state index in [2.05, 4.69) is 23.1 Å². The third-order valence-electron chi connectivity index (χ3n) is 2.83. The third-order valence-corrected chi connectivity index (χ3v) is 3.19. The van der Waals surface area contributed by atoms with Gasteiger partial charge in [0.05, 0.1) is 12.2 Å². The molecular formula is C15H15N3O2S. The lowest BCUT2D eigenvalue weighted by atomic mass is 10.1. The van der Waals surface area contributed by atoms with E-state index in [9.17, 15) is 9.59 Å². The highest BCUT2D eigenvalue weighted by Gasteiger charge is 2.19. The van der Waals surface area contributed by atoms with Crippen molar-refractivity contribution in [2.24, 2.45) is 0 Å². The first-order valence-electron chi connectivity index (χ1n) is 6.35. The van der Waals surface area contributed by atoms with Crippen molar-refractivity contribution in [3.8, 4) is 0 Å². The smallest absolute Gasteiger partial charge is 0.331 e. The molecule has 0 radical (unpaired) electrons. The molecule has 0 spiro atoms. The monoisotopic (exact) mass is 301 g/mol. The summed E-state index contributed by atoms with van der Waals surface area (Å²) < 4.78 is 0.758. The number of nitrogens with one attached hydrogen (secondary N) is 1. The van der Waals surface area contributed by atoms with Crippen LogP contribution in [0, 0.1) is 6.92 Å². The Bertz CT molecular complexity index is 629. The summed E-state index contributed by atoms with van der Waals surface area (Å²) in [5, 5.41) is 2.59. The third kappa shape index (κ3) is 4.06. The Morgan fingerprint density at radius 2 is 1.90 bits per heavy atom. The molecule has 1 N–H and O–H groups in total. The Morgan fingerprint density at radius 1 is 1.19 bits per heavy atom. The van der Waals surface area contributed by atoms with Crippen LogP contribution in [0.3, 0.4) is 0 Å². The zero-order valence-corrected chi connectivity index (χ0v) is 12.4. The van der Waals surface area contributed by atoms with Gasteiger partial charge in [0, 0.05) is 11.8 Å². The van der Waals surface area contributed by atoms with Crippen LogP contribution in [0.2, 0.25) is 0 Å². The number of hydrogen-bond donors (Lipinski definition) is 2. The largest absolute Gasteiger partial charge is 0.334 e. The Morgan fingerprint density at radius 3 is 2.52 bits per heavy atom. The molecule has 2 rings (SSSR count). The topological polar surface area (TPSA) is 62.3 Å². The van der Waals surface area contributed by atoms with Gasteiger partial charge in [-0.15, -0.1) is 0 Å². The van der Waals surface area contributed by atoms with E-state index in [0.29, 0.717) is 11.3 Å². The van der Waals surface area contributed by atoms with Crippen LogP contribution in [-0.2, 0) is 6.54 Å². The van der Waals surface area contributed by atoms with Crippen LogP contribution in [-0.4, -0.2) is 21.2 Å². The van der Waals surface area contributed by atoms with Gasteiger partial charge in [0.15, 0.2) is 0 Å². The van der Waals surface area contributed by atoms with E-state index in [1.807, 2.05) is 13.0 Å². The van der Waals surface area contributed by atoms with Crippen LogP contribution in [0.5, 0.6) is 0 Å². The number of imide groups is 1. The van der Waals surface area contributed by atoms with Gasteiger partial charge in [-0.1, -0.05) is 36.6 Å². The second kappa shape index (κ2) is 6.90. The van der Waals surface area contributed by atoms with Crippen molar-refractivity contribution in [2.75, 3.05) is 0 Å². The zero-order chi connectivity index (χ0) is 15.2. The molecule has 0 atom stereocenters. The second-order valence-corrected chi connectivity index (χ2v) is 4.86. The predicted octanol–water partition coefficient (Wildman–Crippen LogP) is 2.59. The van der Waals surface area contributed by atoms with Gasteiger partial charge in [0.2, 0.25) is 0 Å². The van der Waals surface area contributed by atoms with Crippen molar-refractivity contribution in [1.29, 1.82) is 0 Å². The minimum absolute atomic E-state index is 0.234. The summed E-state index contributed by atoms with van der Waals surface area (Å²) >= 11 is 3.95. The summed E-state index contributed by atoms with van der Waals surface area (Å²) in [6.45, 7) is 2.16. The molecule has 0 bridgehead atoms. The minimum Gasteiger partial charge on any atom is -0.331 e. The van der Waals surface area contributed by atoms with Crippen molar-refractivity contribution in [1.82, 2.24) is 14.6 Å². The molecule has 21 heavy (non-hydrogen) atoms. The fourth-order valence-corrected chi connectivity index (χ4v) is 1.84. The van der Waals surface area contributed by atoms with Gasteiger partial charge < -0.3 is 5.32 Å². The lowest BCUT2D eigenvalue weighted by Crippen LogP contribution is -2.37. The quantitative estimate of drug-likeness (QED) is 0.857. The molecule has 3 amide bonds. The molecule has 0 fully saturated rings. The van der Waals surface area contributed by atoms with Crippen molar-refractivity contribution in [2.45, 2.75) is 13.5 Å². The van der Waals surface area contributed by atoms with E-state index in [0.717, 1.165) is 9.87 Å². The lowest BCUT2D eigenvalue weighted by Gasteiger charge is -2.14. The zero-order valence-electron chi connectivity index (χ0n) is 11.5. The molecule has 6 heteroatoms. The number of amides is 3. The molecule has 0 saturated carbocycles. The Hall–Kier alpha value is -2.34. The van der Waals surface area contributed by atoms with E-state index in [4.69, 9.17) is 0 Å². The van der Waals surface area contributed by atoms with Crippen LogP contribution < -0.4 is 5.32 Å². The van der Waals surface area contributed by atoms with Crippen molar-refractivity contribution < 1.29 is 9.59 Å². The molecule has 0 aliphatic rings. The van der Waals surface area contributed by atoms with Crippen LogP contribution in [0.4, 0.5) is 4.79 Å². The summed E-state index contributed by atoms with van der Waals surface area (Å²) in [6.07, 6.45) is 1.64. The molecule has 1 aromatic carbocycles. The number of benzene rings is 1. The van der Waals surface area contributed by atoms with Gasteiger partial charge >= 0.3 is 6.03 Å². The normalized spacial score (nSPS) is 10.0. The molecule has 0 saturated heterocycles. The Labute approximate surface area is 128 Å². The second-order valence-electron chi connectivity index (χ2n) is 4.46. The van der Waals surface area contributed by atoms with E-state index >= 15 is 0 Å². The van der Waals surface area contributed by atoms with Crippen LogP contribution >= 0.6 is 12.8 Å². The number of carbonyl (C=O) groups is 2. The van der Waals surface area contributed by atoms with Gasteiger partial charge in [-0.25, -0.2) is 9.10 Å². The molecule has 2 aromatic rings. The average molecular weight is 301 g/mol. The fourth-order valence-electron chi connectivity index (χ4n) is 1.65. The molecule has 0 aliphatic carbocycles. The van der Waals surface area contributed by atoms with Crippen molar-refractivity contribution >= 4 is 24.8 Å². The maximum atomic E-state index is 12.1. The first kappa shape index (κ1) is 15.1. The predicted molar refractivity (Wildman–Crippen MR) is 82.8 cm³/mol. The first-order valence-corrected chi connectivity index (χ1v) is 6.75. The highest BCUT2D eigenvalue weighted by Crippen LogP contribution is 2.09. The number of carbonyl (C=O) groups excluding carboxylic acids is 2. The van der Waals surface area contributed by atoms with E-state index < -0.39 is 11.9 Å². The van der Waals surface area contributed by atoms with Gasteiger partial charge in [-0.3, -0.25) is 9.78 Å². The number of pyridine rings is 1. The van der Waals surface area contributed by atoms with Crippen molar-refractivity contribution in [3.63, 3.8) is 0 Å². The number of aryl methyl sites for hydroxylation is 1. The molecule has 0 aliphatic heterocycles. The van der Waals surface area contributed by atoms with Crippen LogP contribution in [0.15, 0.2) is 48.7 Å². The minimum atomic E-state index is -0.588. The fraction of sp³-hybridized carbons (Fsp3) is 0.133. The number of thiol groups is 1. The Balaban J connectivity index is 1.95. The summed E-state index contributed by atoms with van der Waals surface area (Å²) in [6, 6.07) is 11.7. The highest BCUT2D eigenvalue weighted by molar-refractivity contribution is 7.79. The molecule has 0 unspecified atom stereocenters. The molecular weight excluding hydrogens is 286 g/mol. The molecule has 1 aromatic heterocycles. The molecule has 1 heterocycles. The van der Waals surface area contributed by atoms with E-state index in [1.165, 1.54) is 0 Å². The highest BCUT2D eigenvalue weighted by atomic mass is 32.1. The van der Waals surface area contributed by atoms with E-state index in [-0.39, 0.29) is 6.54 Å². The number of nitrogens with zero attached hydrogens (tertiary/aromatic N) is 2. The SMILES string of the molecule is Cc1ccc(C(=O)N(S)C(=O)NCc2ccccn2)cc1. The first-order chi connectivity index (χ1) is 10.1. The number of rotatable bonds is 3. The summed E-state index contributed by atoms with van der Waals surface area (Å²) in [7, 11) is 0. The van der Waals surface area contributed by atoms with Gasteiger partial charge in [-0.05, 0) is 31.2 Å². The summed E-state index contributed by atoms with van der Waals surface area (Å²) in [4.78, 5) is 28.0. The van der Waals surface area contributed by atoms with E-state index in [1.54, 1.807) is 42.6 Å². The number of aromatic nitrogens is 1. The van der Waals surface area contributed by atoms with Crippen LogP contribution in [0.1, 0.15) is 21.6 Å². The van der Waals surface area contributed by atoms with Gasteiger partial charge in [0.25, 0.3) is 5.91 Å². The van der Waals surface area contributed by atoms with Gasteiger partial charge in [-0.2, -0.15) is 0 Å². The molecule has 108 valence electrons. The maximum absolute atomic E-state index is 12.1. The maximum Gasteiger partial charge on any atom is 0.334 e. The standard InChI is InChI=1S/C15H15N3O2S/c1-11-5-7-12(8-6-11)14(19)18(21)15(20)17-10-13-4-2-3-9-16-13/h2-9,21H,10H2,1H3,(H,17,20).